The molecule has 1 aromatic carbocycles. The van der Waals surface area contributed by atoms with Crippen molar-refractivity contribution in [3.8, 4) is 6.19 Å². The van der Waals surface area contributed by atoms with E-state index in [1.165, 1.54) is 6.07 Å². The number of guanidine groups is 1. The number of thioether (sulfide) groups is 1. The minimum absolute atomic E-state index is 0.185. The molecular formula is C13H17FN4S. The van der Waals surface area contributed by atoms with Gasteiger partial charge in [-0.05, 0) is 29.9 Å². The van der Waals surface area contributed by atoms with E-state index in [2.05, 4.69) is 15.6 Å². The van der Waals surface area contributed by atoms with Gasteiger partial charge in [-0.1, -0.05) is 12.1 Å². The molecule has 1 aromatic rings. The number of benzene rings is 1. The Morgan fingerprint density at radius 1 is 1.47 bits per heavy atom. The average molecular weight is 280 g/mol. The zero-order valence-corrected chi connectivity index (χ0v) is 11.6. The standard InChI is InChI=1S/C13H17FN4S/c1-16-13(18-10-15)17-6-8-19-7-5-11-3-2-4-12(14)9-11/h2-4,9H,5-8H2,1H3,(H2,16,17,18). The Balaban J connectivity index is 2.10. The van der Waals surface area contributed by atoms with Gasteiger partial charge in [0.2, 0.25) is 5.96 Å². The van der Waals surface area contributed by atoms with Gasteiger partial charge < -0.3 is 5.32 Å². The van der Waals surface area contributed by atoms with Crippen LogP contribution in [0, 0.1) is 17.3 Å². The van der Waals surface area contributed by atoms with Crippen molar-refractivity contribution < 1.29 is 4.39 Å². The predicted octanol–water partition coefficient (Wildman–Crippen LogP) is 1.75. The summed E-state index contributed by atoms with van der Waals surface area (Å²) < 4.78 is 12.9. The van der Waals surface area contributed by atoms with Crippen LogP contribution >= 0.6 is 11.8 Å². The number of aryl methyl sites for hydroxylation is 1. The van der Waals surface area contributed by atoms with Crippen LogP contribution in [-0.2, 0) is 6.42 Å². The average Bonchev–Trinajstić information content (AvgIpc) is 2.41. The summed E-state index contributed by atoms with van der Waals surface area (Å²) in [5.74, 6) is 2.14. The Morgan fingerprint density at radius 3 is 3.00 bits per heavy atom. The molecule has 19 heavy (non-hydrogen) atoms. The molecule has 0 saturated heterocycles. The highest BCUT2D eigenvalue weighted by Crippen LogP contribution is 2.08. The molecule has 0 aromatic heterocycles. The maximum Gasteiger partial charge on any atom is 0.204 e. The van der Waals surface area contributed by atoms with Gasteiger partial charge in [-0.2, -0.15) is 17.0 Å². The van der Waals surface area contributed by atoms with Gasteiger partial charge in [0, 0.05) is 19.3 Å². The molecule has 2 N–H and O–H groups in total. The number of nitrogens with zero attached hydrogens (tertiary/aromatic N) is 2. The van der Waals surface area contributed by atoms with E-state index in [-0.39, 0.29) is 5.82 Å². The first kappa shape index (κ1) is 15.3. The summed E-state index contributed by atoms with van der Waals surface area (Å²) in [6.45, 7) is 0.731. The van der Waals surface area contributed by atoms with Crippen molar-refractivity contribution in [1.29, 1.82) is 5.26 Å². The monoisotopic (exact) mass is 280 g/mol. The molecule has 4 nitrogen and oxygen atoms in total. The highest BCUT2D eigenvalue weighted by molar-refractivity contribution is 7.99. The Labute approximate surface area is 117 Å². The van der Waals surface area contributed by atoms with Crippen molar-refractivity contribution in [3.05, 3.63) is 35.6 Å². The van der Waals surface area contributed by atoms with Gasteiger partial charge in [-0.15, -0.1) is 0 Å². The minimum Gasteiger partial charge on any atom is -0.355 e. The predicted molar refractivity (Wildman–Crippen MR) is 77.5 cm³/mol. The first-order chi connectivity index (χ1) is 9.26. The molecule has 0 aliphatic rings. The van der Waals surface area contributed by atoms with E-state index in [4.69, 9.17) is 5.26 Å². The molecule has 0 spiro atoms. The van der Waals surface area contributed by atoms with Gasteiger partial charge >= 0.3 is 0 Å². The zero-order chi connectivity index (χ0) is 13.9. The van der Waals surface area contributed by atoms with Crippen molar-refractivity contribution >= 4 is 17.7 Å². The molecule has 0 aliphatic carbocycles. The maximum absolute atomic E-state index is 12.9. The van der Waals surface area contributed by atoms with Gasteiger partial charge in [0.1, 0.15) is 5.82 Å². The SMILES string of the molecule is CN=C(NC#N)NCCSCCc1cccc(F)c1. The van der Waals surface area contributed by atoms with Crippen LogP contribution in [0.3, 0.4) is 0 Å². The van der Waals surface area contributed by atoms with Crippen LogP contribution in [0.1, 0.15) is 5.56 Å². The third kappa shape index (κ3) is 6.67. The number of halogens is 1. The van der Waals surface area contributed by atoms with Crippen LogP contribution in [0.5, 0.6) is 0 Å². The summed E-state index contributed by atoms with van der Waals surface area (Å²) in [7, 11) is 1.61. The fourth-order valence-corrected chi connectivity index (χ4v) is 2.29. The number of rotatable bonds is 6. The van der Waals surface area contributed by atoms with Crippen LogP contribution in [0.15, 0.2) is 29.3 Å². The lowest BCUT2D eigenvalue weighted by Gasteiger charge is -2.06. The van der Waals surface area contributed by atoms with E-state index in [9.17, 15) is 4.39 Å². The van der Waals surface area contributed by atoms with Gasteiger partial charge in [-0.25, -0.2) is 4.39 Å². The second-order valence-corrected chi connectivity index (χ2v) is 4.95. The molecule has 0 heterocycles. The molecule has 0 fully saturated rings. The number of hydrogen-bond acceptors (Lipinski definition) is 3. The fourth-order valence-electron chi connectivity index (χ4n) is 1.46. The summed E-state index contributed by atoms with van der Waals surface area (Å²) in [6.07, 6.45) is 2.67. The summed E-state index contributed by atoms with van der Waals surface area (Å²) in [4.78, 5) is 3.87. The first-order valence-corrected chi connectivity index (χ1v) is 7.09. The molecule has 0 atom stereocenters. The van der Waals surface area contributed by atoms with Crippen molar-refractivity contribution in [2.75, 3.05) is 25.1 Å². The summed E-state index contributed by atoms with van der Waals surface area (Å²) >= 11 is 1.77. The number of nitriles is 1. The molecule has 6 heteroatoms. The van der Waals surface area contributed by atoms with E-state index >= 15 is 0 Å². The number of hydrogen-bond donors (Lipinski definition) is 2. The third-order valence-electron chi connectivity index (χ3n) is 2.36. The fraction of sp³-hybridized carbons (Fsp3) is 0.385. The van der Waals surface area contributed by atoms with Crippen molar-refractivity contribution in [2.45, 2.75) is 6.42 Å². The topological polar surface area (TPSA) is 60.2 Å². The molecule has 0 bridgehead atoms. The lowest BCUT2D eigenvalue weighted by Crippen LogP contribution is -2.35. The highest BCUT2D eigenvalue weighted by Gasteiger charge is 1.97. The first-order valence-electron chi connectivity index (χ1n) is 5.94. The van der Waals surface area contributed by atoms with E-state index in [1.807, 2.05) is 12.3 Å². The summed E-state index contributed by atoms with van der Waals surface area (Å²) in [5.41, 5.74) is 1.02. The second-order valence-electron chi connectivity index (χ2n) is 3.73. The maximum atomic E-state index is 12.9. The van der Waals surface area contributed by atoms with Crippen molar-refractivity contribution in [1.82, 2.24) is 10.6 Å². The van der Waals surface area contributed by atoms with Crippen molar-refractivity contribution in [3.63, 3.8) is 0 Å². The van der Waals surface area contributed by atoms with Crippen LogP contribution in [0.25, 0.3) is 0 Å². The molecule has 0 radical (unpaired) electrons. The lowest BCUT2D eigenvalue weighted by molar-refractivity contribution is 0.626. The lowest BCUT2D eigenvalue weighted by atomic mass is 10.2. The van der Waals surface area contributed by atoms with Crippen LogP contribution in [0.2, 0.25) is 0 Å². The van der Waals surface area contributed by atoms with Crippen LogP contribution < -0.4 is 10.6 Å². The highest BCUT2D eigenvalue weighted by atomic mass is 32.2. The summed E-state index contributed by atoms with van der Waals surface area (Å²) in [5, 5.41) is 13.9. The second kappa shape index (κ2) is 9.22. The number of aliphatic imine (C=N–C) groups is 1. The van der Waals surface area contributed by atoms with Crippen LogP contribution in [0.4, 0.5) is 4.39 Å². The van der Waals surface area contributed by atoms with Gasteiger partial charge in [-0.3, -0.25) is 10.3 Å². The molecule has 0 aliphatic heterocycles. The van der Waals surface area contributed by atoms with E-state index in [1.54, 1.807) is 30.9 Å². The molecular weight excluding hydrogens is 263 g/mol. The van der Waals surface area contributed by atoms with E-state index in [0.29, 0.717) is 5.96 Å². The molecule has 0 amide bonds. The van der Waals surface area contributed by atoms with E-state index < -0.39 is 0 Å². The third-order valence-corrected chi connectivity index (χ3v) is 3.35. The largest absolute Gasteiger partial charge is 0.355 e. The Bertz CT molecular complexity index is 456. The van der Waals surface area contributed by atoms with Gasteiger partial charge in [0.05, 0.1) is 0 Å². The zero-order valence-electron chi connectivity index (χ0n) is 10.8. The summed E-state index contributed by atoms with van der Waals surface area (Å²) in [6, 6.07) is 6.68. The normalized spacial score (nSPS) is 10.9. The Kier molecular flexibility index (Phi) is 7.44. The van der Waals surface area contributed by atoms with Gasteiger partial charge in [0.15, 0.2) is 6.19 Å². The van der Waals surface area contributed by atoms with Crippen molar-refractivity contribution in [2.24, 2.45) is 4.99 Å². The number of nitrogens with one attached hydrogen (secondary N) is 2. The molecule has 102 valence electrons. The Hall–Kier alpha value is -1.74. The van der Waals surface area contributed by atoms with Gasteiger partial charge in [0.25, 0.3) is 0 Å². The quantitative estimate of drug-likeness (QED) is 0.274. The molecule has 0 saturated carbocycles. The minimum atomic E-state index is -0.185. The smallest absolute Gasteiger partial charge is 0.204 e. The Morgan fingerprint density at radius 2 is 2.32 bits per heavy atom. The van der Waals surface area contributed by atoms with E-state index in [0.717, 1.165) is 30.0 Å². The van der Waals surface area contributed by atoms with Crippen LogP contribution in [-0.4, -0.2) is 31.1 Å². The molecule has 1 rings (SSSR count). The molecule has 0 unspecified atom stereocenters.